The van der Waals surface area contributed by atoms with E-state index in [9.17, 15) is 14.4 Å². The summed E-state index contributed by atoms with van der Waals surface area (Å²) in [6.45, 7) is 2.57. The number of amides is 4. The molecule has 184 valence electrons. The molecule has 36 heavy (non-hydrogen) atoms. The van der Waals surface area contributed by atoms with Gasteiger partial charge in [0.15, 0.2) is 0 Å². The van der Waals surface area contributed by atoms with Crippen molar-refractivity contribution >= 4 is 29.4 Å². The van der Waals surface area contributed by atoms with Gasteiger partial charge in [0.05, 0.1) is 36.7 Å². The number of likely N-dealkylation sites (N-methyl/N-ethyl adjacent to an activating group) is 1. The highest BCUT2D eigenvalue weighted by Crippen LogP contribution is 2.39. The molecule has 0 bridgehead atoms. The molecule has 3 aromatic rings. The van der Waals surface area contributed by atoms with Crippen LogP contribution in [-0.2, 0) is 16.1 Å². The summed E-state index contributed by atoms with van der Waals surface area (Å²) >= 11 is 6.07. The van der Waals surface area contributed by atoms with Crippen LogP contribution in [0.4, 0.5) is 4.79 Å². The molecule has 2 aromatic carbocycles. The fourth-order valence-corrected chi connectivity index (χ4v) is 4.88. The van der Waals surface area contributed by atoms with E-state index in [0.29, 0.717) is 34.2 Å². The van der Waals surface area contributed by atoms with Crippen molar-refractivity contribution < 1.29 is 18.8 Å². The average molecular weight is 505 g/mol. The number of benzene rings is 2. The van der Waals surface area contributed by atoms with Gasteiger partial charge in [-0.05, 0) is 42.3 Å². The molecule has 0 saturated carbocycles. The van der Waals surface area contributed by atoms with E-state index < -0.39 is 12.1 Å². The van der Waals surface area contributed by atoms with Crippen molar-refractivity contribution in [1.82, 2.24) is 20.4 Å². The number of nitrogens with one attached hydrogen (secondary N) is 2. The summed E-state index contributed by atoms with van der Waals surface area (Å²) < 4.78 is 5.34. The van der Waals surface area contributed by atoms with Crippen LogP contribution in [-0.4, -0.2) is 40.7 Å². The molecule has 5 rings (SSSR count). The molecule has 0 fully saturated rings. The maximum absolute atomic E-state index is 14.0. The third-order valence-electron chi connectivity index (χ3n) is 6.46. The average Bonchev–Trinajstić information content (AvgIpc) is 3.52. The molecular formula is C27H25ClN4O4. The minimum Gasteiger partial charge on any atom is -0.467 e. The van der Waals surface area contributed by atoms with Crippen LogP contribution >= 0.6 is 11.6 Å². The first-order valence-electron chi connectivity index (χ1n) is 11.7. The normalized spacial score (nSPS) is 18.2. The predicted molar refractivity (Wildman–Crippen MR) is 134 cm³/mol. The maximum atomic E-state index is 14.0. The van der Waals surface area contributed by atoms with Crippen molar-refractivity contribution in [2.75, 3.05) is 13.1 Å². The van der Waals surface area contributed by atoms with Crippen molar-refractivity contribution in [2.45, 2.75) is 25.6 Å². The van der Waals surface area contributed by atoms with Crippen molar-refractivity contribution in [3.63, 3.8) is 0 Å². The number of carbonyl (C=O) groups is 3. The van der Waals surface area contributed by atoms with Gasteiger partial charge in [0, 0.05) is 11.6 Å². The number of hydrogen-bond acceptors (Lipinski definition) is 4. The van der Waals surface area contributed by atoms with Gasteiger partial charge in [-0.25, -0.2) is 4.79 Å². The summed E-state index contributed by atoms with van der Waals surface area (Å²) in [7, 11) is 0. The zero-order chi connectivity index (χ0) is 25.2. The first-order valence-corrected chi connectivity index (χ1v) is 12.1. The topological polar surface area (TPSA) is 94.9 Å². The van der Waals surface area contributed by atoms with E-state index in [0.717, 1.165) is 5.56 Å². The minimum atomic E-state index is -0.890. The lowest BCUT2D eigenvalue weighted by Crippen LogP contribution is -2.47. The summed E-state index contributed by atoms with van der Waals surface area (Å²) in [5.41, 5.74) is 2.47. The SMILES string of the molecule is CCN1C(=O)NC(c2ccc(Cl)cc2)C2=C1CN(C(C(=O)NCc1ccco1)c1ccccc1)C2=O. The van der Waals surface area contributed by atoms with Gasteiger partial charge in [0.1, 0.15) is 11.8 Å². The zero-order valence-corrected chi connectivity index (χ0v) is 20.4. The van der Waals surface area contributed by atoms with E-state index in [1.165, 1.54) is 4.90 Å². The summed E-state index contributed by atoms with van der Waals surface area (Å²) in [5, 5.41) is 6.40. The van der Waals surface area contributed by atoms with Crippen LogP contribution in [0, 0.1) is 0 Å². The summed E-state index contributed by atoms with van der Waals surface area (Å²) in [6, 6.07) is 17.9. The van der Waals surface area contributed by atoms with Crippen LogP contribution < -0.4 is 10.6 Å². The maximum Gasteiger partial charge on any atom is 0.322 e. The zero-order valence-electron chi connectivity index (χ0n) is 19.6. The highest BCUT2D eigenvalue weighted by atomic mass is 35.5. The lowest BCUT2D eigenvalue weighted by atomic mass is 9.95. The van der Waals surface area contributed by atoms with Gasteiger partial charge in [-0.15, -0.1) is 0 Å². The molecule has 2 N–H and O–H groups in total. The van der Waals surface area contributed by atoms with Crippen LogP contribution in [0.3, 0.4) is 0 Å². The van der Waals surface area contributed by atoms with Gasteiger partial charge in [0.25, 0.3) is 5.91 Å². The van der Waals surface area contributed by atoms with E-state index in [1.54, 1.807) is 47.6 Å². The molecule has 0 aliphatic carbocycles. The molecule has 4 amide bonds. The van der Waals surface area contributed by atoms with Gasteiger partial charge < -0.3 is 20.0 Å². The Morgan fingerprint density at radius 3 is 2.53 bits per heavy atom. The molecule has 0 spiro atoms. The van der Waals surface area contributed by atoms with E-state index >= 15 is 0 Å². The molecule has 3 heterocycles. The second-order valence-electron chi connectivity index (χ2n) is 8.58. The van der Waals surface area contributed by atoms with Gasteiger partial charge in [-0.3, -0.25) is 14.5 Å². The lowest BCUT2D eigenvalue weighted by molar-refractivity contribution is -0.136. The second kappa shape index (κ2) is 9.91. The molecule has 8 nitrogen and oxygen atoms in total. The Morgan fingerprint density at radius 2 is 1.86 bits per heavy atom. The number of urea groups is 1. The third kappa shape index (κ3) is 4.35. The van der Waals surface area contributed by atoms with Crippen LogP contribution in [0.25, 0.3) is 0 Å². The fraction of sp³-hybridized carbons (Fsp3) is 0.222. The minimum absolute atomic E-state index is 0.132. The molecule has 2 unspecified atom stereocenters. The van der Waals surface area contributed by atoms with Gasteiger partial charge in [-0.1, -0.05) is 54.1 Å². The first kappa shape index (κ1) is 23.7. The first-order chi connectivity index (χ1) is 17.5. The molecule has 0 radical (unpaired) electrons. The Labute approximate surface area is 213 Å². The molecule has 2 atom stereocenters. The van der Waals surface area contributed by atoms with Crippen molar-refractivity contribution in [3.8, 4) is 0 Å². The molecule has 1 aromatic heterocycles. The summed E-state index contributed by atoms with van der Waals surface area (Å²) in [5.74, 6) is -0.0309. The van der Waals surface area contributed by atoms with E-state index in [2.05, 4.69) is 10.6 Å². The largest absolute Gasteiger partial charge is 0.467 e. The number of rotatable bonds is 7. The summed E-state index contributed by atoms with van der Waals surface area (Å²) in [6.07, 6.45) is 1.54. The van der Waals surface area contributed by atoms with Gasteiger partial charge in [0.2, 0.25) is 5.91 Å². The summed E-state index contributed by atoms with van der Waals surface area (Å²) in [4.78, 5) is 43.5. The Kier molecular flexibility index (Phi) is 6.52. The Morgan fingerprint density at radius 1 is 1.11 bits per heavy atom. The molecule has 2 aliphatic rings. The van der Waals surface area contributed by atoms with Crippen LogP contribution in [0.1, 0.15) is 35.9 Å². The van der Waals surface area contributed by atoms with Crippen LogP contribution in [0.15, 0.2) is 88.7 Å². The van der Waals surface area contributed by atoms with E-state index in [4.69, 9.17) is 16.0 Å². The number of nitrogens with zero attached hydrogens (tertiary/aromatic N) is 2. The Bertz CT molecular complexity index is 1310. The van der Waals surface area contributed by atoms with Crippen molar-refractivity contribution in [3.05, 3.63) is 106 Å². The Balaban J connectivity index is 1.51. The van der Waals surface area contributed by atoms with Crippen molar-refractivity contribution in [2.24, 2.45) is 0 Å². The quantitative estimate of drug-likeness (QED) is 0.505. The molecular weight excluding hydrogens is 480 g/mol. The fourth-order valence-electron chi connectivity index (χ4n) is 4.75. The number of halogens is 1. The second-order valence-corrected chi connectivity index (χ2v) is 9.02. The molecule has 0 saturated heterocycles. The monoisotopic (exact) mass is 504 g/mol. The van der Waals surface area contributed by atoms with Crippen molar-refractivity contribution in [1.29, 1.82) is 0 Å². The standard InChI is InChI=1S/C27H25ClN4O4/c1-2-31-21-16-32(26(34)22(21)23(30-27(31)35)17-10-12-19(28)13-11-17)24(18-7-4-3-5-8-18)25(33)29-15-20-9-6-14-36-20/h3-14,23-24H,2,15-16H2,1H3,(H,29,33)(H,30,35). The molecule has 2 aliphatic heterocycles. The molecule has 9 heteroatoms. The lowest BCUT2D eigenvalue weighted by Gasteiger charge is -2.32. The smallest absolute Gasteiger partial charge is 0.322 e. The number of furan rings is 1. The Hall–Kier alpha value is -4.04. The number of hydrogen-bond donors (Lipinski definition) is 2. The van der Waals surface area contributed by atoms with E-state index in [1.807, 2.05) is 37.3 Å². The highest BCUT2D eigenvalue weighted by molar-refractivity contribution is 6.30. The van der Waals surface area contributed by atoms with Gasteiger partial charge in [-0.2, -0.15) is 0 Å². The predicted octanol–water partition coefficient (Wildman–Crippen LogP) is 4.17. The van der Waals surface area contributed by atoms with Crippen LogP contribution in [0.2, 0.25) is 5.02 Å². The number of carbonyl (C=O) groups excluding carboxylic acids is 3. The third-order valence-corrected chi connectivity index (χ3v) is 6.71. The van der Waals surface area contributed by atoms with Crippen LogP contribution in [0.5, 0.6) is 0 Å². The van der Waals surface area contributed by atoms with E-state index in [-0.39, 0.29) is 30.9 Å². The van der Waals surface area contributed by atoms with Gasteiger partial charge >= 0.3 is 6.03 Å². The highest BCUT2D eigenvalue weighted by Gasteiger charge is 2.47.